The van der Waals surface area contributed by atoms with E-state index in [9.17, 15) is 4.79 Å². The van der Waals surface area contributed by atoms with Crippen molar-refractivity contribution >= 4 is 17.0 Å². The lowest BCUT2D eigenvalue weighted by Crippen LogP contribution is -2.22. The number of benzene rings is 1. The molecule has 0 aliphatic rings. The van der Waals surface area contributed by atoms with Gasteiger partial charge in [-0.3, -0.25) is 0 Å². The fraction of sp³-hybridized carbons (Fsp3) is 0.500. The summed E-state index contributed by atoms with van der Waals surface area (Å²) in [7, 11) is 0. The van der Waals surface area contributed by atoms with Crippen molar-refractivity contribution < 1.29 is 9.53 Å². The zero-order valence-corrected chi connectivity index (χ0v) is 11.8. The van der Waals surface area contributed by atoms with Gasteiger partial charge in [0, 0.05) is 0 Å². The van der Waals surface area contributed by atoms with E-state index in [0.29, 0.717) is 13.0 Å². The van der Waals surface area contributed by atoms with Crippen LogP contribution in [0.4, 0.5) is 0 Å². The minimum absolute atomic E-state index is 0.255. The summed E-state index contributed by atoms with van der Waals surface area (Å²) in [5.74, 6) is -0.255. The van der Waals surface area contributed by atoms with E-state index in [-0.39, 0.29) is 5.97 Å². The molecule has 0 spiro atoms. The number of aryl methyl sites for hydroxylation is 2. The van der Waals surface area contributed by atoms with Gasteiger partial charge in [-0.15, -0.1) is 5.10 Å². The molecule has 0 N–H and O–H groups in total. The maximum absolute atomic E-state index is 12.0. The van der Waals surface area contributed by atoms with Gasteiger partial charge in [0.1, 0.15) is 5.52 Å². The van der Waals surface area contributed by atoms with Gasteiger partial charge in [0.05, 0.1) is 12.1 Å². The summed E-state index contributed by atoms with van der Waals surface area (Å²) in [5.41, 5.74) is 4.02. The Morgan fingerprint density at radius 2 is 2.00 bits per heavy atom. The van der Waals surface area contributed by atoms with Crippen LogP contribution in [0, 0.1) is 13.8 Å². The molecule has 0 saturated carbocycles. The third-order valence-electron chi connectivity index (χ3n) is 3.33. The van der Waals surface area contributed by atoms with Crippen LogP contribution in [0.3, 0.4) is 0 Å². The highest BCUT2D eigenvalue weighted by atomic mass is 16.5. The normalized spacial score (nSPS) is 12.6. The molecule has 1 aromatic carbocycles. The molecule has 0 aliphatic carbocycles. The van der Waals surface area contributed by atoms with Gasteiger partial charge in [-0.05, 0) is 50.5 Å². The van der Waals surface area contributed by atoms with Crippen molar-refractivity contribution in [3.05, 3.63) is 23.3 Å². The molecule has 0 radical (unpaired) electrons. The number of hydrogen-bond donors (Lipinski definition) is 0. The first-order valence-corrected chi connectivity index (χ1v) is 6.57. The van der Waals surface area contributed by atoms with Gasteiger partial charge in [-0.2, -0.15) is 0 Å². The quantitative estimate of drug-likeness (QED) is 0.794. The number of fused-ring (bicyclic) bond motifs is 1. The molecule has 2 aromatic rings. The Labute approximate surface area is 112 Å². The molecule has 102 valence electrons. The van der Waals surface area contributed by atoms with Crippen LogP contribution in [0.5, 0.6) is 0 Å². The highest BCUT2D eigenvalue weighted by Crippen LogP contribution is 2.22. The van der Waals surface area contributed by atoms with Gasteiger partial charge in [-0.25, -0.2) is 9.48 Å². The number of nitrogens with zero attached hydrogens (tertiary/aromatic N) is 3. The minimum atomic E-state index is -0.410. The number of ether oxygens (including phenoxy) is 1. The maximum Gasteiger partial charge on any atom is 0.331 e. The van der Waals surface area contributed by atoms with E-state index in [1.807, 2.05) is 32.9 Å². The van der Waals surface area contributed by atoms with Gasteiger partial charge in [0.25, 0.3) is 0 Å². The highest BCUT2D eigenvalue weighted by molar-refractivity contribution is 5.80. The van der Waals surface area contributed by atoms with Crippen molar-refractivity contribution in [3.63, 3.8) is 0 Å². The predicted molar refractivity (Wildman–Crippen MR) is 73.0 cm³/mol. The second-order valence-electron chi connectivity index (χ2n) is 4.64. The Morgan fingerprint density at radius 3 is 2.63 bits per heavy atom. The largest absolute Gasteiger partial charge is 0.464 e. The third kappa shape index (κ3) is 2.45. The number of hydrogen-bond acceptors (Lipinski definition) is 4. The standard InChI is InChI=1S/C14H19N3O2/c1-5-12(14(18)19-6-2)17-13-8-10(4)9(3)7-11(13)15-16-17/h7-8,12H,5-6H2,1-4H3. The van der Waals surface area contributed by atoms with E-state index in [4.69, 9.17) is 4.74 Å². The van der Waals surface area contributed by atoms with Gasteiger partial charge in [-0.1, -0.05) is 12.1 Å². The number of rotatable bonds is 4. The Hall–Kier alpha value is -1.91. The molecular formula is C14H19N3O2. The lowest BCUT2D eigenvalue weighted by molar-refractivity contribution is -0.147. The first-order valence-electron chi connectivity index (χ1n) is 6.57. The molecule has 2 rings (SSSR count). The van der Waals surface area contributed by atoms with E-state index in [1.54, 1.807) is 11.6 Å². The van der Waals surface area contributed by atoms with E-state index in [2.05, 4.69) is 10.3 Å². The van der Waals surface area contributed by atoms with Gasteiger partial charge in [0.2, 0.25) is 0 Å². The SMILES string of the molecule is CCOC(=O)C(CC)n1nnc2cc(C)c(C)cc21. The van der Waals surface area contributed by atoms with Crippen LogP contribution >= 0.6 is 0 Å². The van der Waals surface area contributed by atoms with Crippen molar-refractivity contribution in [1.29, 1.82) is 0 Å². The number of aromatic nitrogens is 3. The fourth-order valence-electron chi connectivity index (χ4n) is 2.10. The molecule has 0 saturated heterocycles. The maximum atomic E-state index is 12.0. The molecule has 1 heterocycles. The molecule has 1 unspecified atom stereocenters. The Balaban J connectivity index is 2.49. The van der Waals surface area contributed by atoms with Crippen LogP contribution in [0.25, 0.3) is 11.0 Å². The fourth-order valence-corrected chi connectivity index (χ4v) is 2.10. The van der Waals surface area contributed by atoms with Crippen molar-refractivity contribution in [2.24, 2.45) is 0 Å². The summed E-state index contributed by atoms with van der Waals surface area (Å²) in [5, 5.41) is 8.26. The van der Waals surface area contributed by atoms with E-state index >= 15 is 0 Å². The number of esters is 1. The van der Waals surface area contributed by atoms with Crippen LogP contribution in [0.15, 0.2) is 12.1 Å². The van der Waals surface area contributed by atoms with Crippen LogP contribution < -0.4 is 0 Å². The summed E-state index contributed by atoms with van der Waals surface area (Å²) in [6, 6.07) is 3.60. The molecule has 0 fully saturated rings. The van der Waals surface area contributed by atoms with E-state index in [1.165, 1.54) is 5.56 Å². The summed E-state index contributed by atoms with van der Waals surface area (Å²) < 4.78 is 6.76. The van der Waals surface area contributed by atoms with Gasteiger partial charge in [0.15, 0.2) is 6.04 Å². The minimum Gasteiger partial charge on any atom is -0.464 e. The van der Waals surface area contributed by atoms with Crippen LogP contribution in [-0.2, 0) is 9.53 Å². The molecule has 0 amide bonds. The average molecular weight is 261 g/mol. The lowest BCUT2D eigenvalue weighted by atomic mass is 10.1. The predicted octanol–water partition coefficient (Wildman–Crippen LogP) is 2.56. The highest BCUT2D eigenvalue weighted by Gasteiger charge is 2.23. The topological polar surface area (TPSA) is 57.0 Å². The first kappa shape index (κ1) is 13.5. The van der Waals surface area contributed by atoms with Crippen LogP contribution in [-0.4, -0.2) is 27.6 Å². The smallest absolute Gasteiger partial charge is 0.331 e. The second kappa shape index (κ2) is 5.38. The van der Waals surface area contributed by atoms with Gasteiger partial charge < -0.3 is 4.74 Å². The van der Waals surface area contributed by atoms with Crippen LogP contribution in [0.1, 0.15) is 37.4 Å². The van der Waals surface area contributed by atoms with Crippen LogP contribution in [0.2, 0.25) is 0 Å². The summed E-state index contributed by atoms with van der Waals surface area (Å²) >= 11 is 0. The Kier molecular flexibility index (Phi) is 3.83. The van der Waals surface area contributed by atoms with Crippen molar-refractivity contribution in [3.8, 4) is 0 Å². The first-order chi connectivity index (χ1) is 9.08. The molecule has 5 nitrogen and oxygen atoms in total. The molecule has 1 atom stereocenters. The zero-order chi connectivity index (χ0) is 14.0. The summed E-state index contributed by atoms with van der Waals surface area (Å²) in [4.78, 5) is 12.0. The number of carbonyl (C=O) groups is 1. The average Bonchev–Trinajstić information content (AvgIpc) is 2.75. The lowest BCUT2D eigenvalue weighted by Gasteiger charge is -2.14. The number of carbonyl (C=O) groups excluding carboxylic acids is 1. The molecule has 0 aliphatic heterocycles. The second-order valence-corrected chi connectivity index (χ2v) is 4.64. The van der Waals surface area contributed by atoms with E-state index in [0.717, 1.165) is 16.6 Å². The zero-order valence-electron chi connectivity index (χ0n) is 11.8. The Bertz CT molecular complexity index is 604. The third-order valence-corrected chi connectivity index (χ3v) is 3.33. The summed E-state index contributed by atoms with van der Waals surface area (Å²) in [6.45, 7) is 8.20. The Morgan fingerprint density at radius 1 is 1.32 bits per heavy atom. The monoisotopic (exact) mass is 261 g/mol. The molecule has 5 heteroatoms. The van der Waals surface area contributed by atoms with E-state index < -0.39 is 6.04 Å². The van der Waals surface area contributed by atoms with Crippen molar-refractivity contribution in [1.82, 2.24) is 15.0 Å². The summed E-state index contributed by atoms with van der Waals surface area (Å²) in [6.07, 6.45) is 0.629. The molecular weight excluding hydrogens is 242 g/mol. The van der Waals surface area contributed by atoms with Crippen molar-refractivity contribution in [2.45, 2.75) is 40.2 Å². The van der Waals surface area contributed by atoms with Gasteiger partial charge >= 0.3 is 5.97 Å². The molecule has 1 aromatic heterocycles. The van der Waals surface area contributed by atoms with Crippen molar-refractivity contribution in [2.75, 3.05) is 6.61 Å². The molecule has 19 heavy (non-hydrogen) atoms. The molecule has 0 bridgehead atoms.